The minimum Gasteiger partial charge on any atom is -0.381 e. The molecule has 1 saturated carbocycles. The van der Waals surface area contributed by atoms with Gasteiger partial charge >= 0.3 is 0 Å². The smallest absolute Gasteiger partial charge is 0.109 e. The van der Waals surface area contributed by atoms with Crippen molar-refractivity contribution in [1.29, 1.82) is 5.26 Å². The van der Waals surface area contributed by atoms with Crippen molar-refractivity contribution in [3.63, 3.8) is 0 Å². The molecule has 0 aromatic carbocycles. The number of hydrogen-bond donors (Lipinski definition) is 1. The first-order valence-electron chi connectivity index (χ1n) is 7.66. The SMILES string of the molecule is CCNC1(C#N)CCCC1CCOC1CCOCC1. The third kappa shape index (κ3) is 3.68. The average Bonchev–Trinajstić information content (AvgIpc) is 2.84. The monoisotopic (exact) mass is 266 g/mol. The molecule has 0 aromatic rings. The van der Waals surface area contributed by atoms with Crippen LogP contribution in [0.2, 0.25) is 0 Å². The van der Waals surface area contributed by atoms with Crippen LogP contribution in [0, 0.1) is 17.2 Å². The Morgan fingerprint density at radius 1 is 1.37 bits per heavy atom. The Bertz CT molecular complexity index is 310. The lowest BCUT2D eigenvalue weighted by molar-refractivity contribution is -0.0363. The molecule has 0 radical (unpaired) electrons. The van der Waals surface area contributed by atoms with E-state index in [-0.39, 0.29) is 5.54 Å². The van der Waals surface area contributed by atoms with Crippen LogP contribution in [-0.4, -0.2) is 38.0 Å². The van der Waals surface area contributed by atoms with E-state index in [1.807, 2.05) is 0 Å². The number of rotatable bonds is 6. The Labute approximate surface area is 116 Å². The van der Waals surface area contributed by atoms with Gasteiger partial charge in [-0.1, -0.05) is 13.3 Å². The summed E-state index contributed by atoms with van der Waals surface area (Å²) in [6.07, 6.45) is 6.69. The molecule has 1 aliphatic carbocycles. The summed E-state index contributed by atoms with van der Waals surface area (Å²) in [4.78, 5) is 0. The maximum atomic E-state index is 9.50. The molecule has 2 unspecified atom stereocenters. The van der Waals surface area contributed by atoms with Crippen LogP contribution in [0.15, 0.2) is 0 Å². The molecule has 2 fully saturated rings. The van der Waals surface area contributed by atoms with Crippen molar-refractivity contribution in [2.45, 2.75) is 57.1 Å². The van der Waals surface area contributed by atoms with E-state index in [9.17, 15) is 5.26 Å². The molecule has 1 saturated heterocycles. The van der Waals surface area contributed by atoms with Gasteiger partial charge in [-0.05, 0) is 44.6 Å². The van der Waals surface area contributed by atoms with Crippen molar-refractivity contribution < 1.29 is 9.47 Å². The summed E-state index contributed by atoms with van der Waals surface area (Å²) in [6, 6.07) is 2.53. The lowest BCUT2D eigenvalue weighted by Crippen LogP contribution is -2.47. The first-order chi connectivity index (χ1) is 9.30. The van der Waals surface area contributed by atoms with E-state index in [0.717, 1.165) is 64.9 Å². The normalized spacial score (nSPS) is 32.3. The molecule has 4 heteroatoms. The molecule has 108 valence electrons. The van der Waals surface area contributed by atoms with Gasteiger partial charge in [-0.3, -0.25) is 5.32 Å². The van der Waals surface area contributed by atoms with Crippen LogP contribution in [-0.2, 0) is 9.47 Å². The van der Waals surface area contributed by atoms with Gasteiger partial charge in [0.15, 0.2) is 0 Å². The molecule has 1 heterocycles. The number of ether oxygens (including phenoxy) is 2. The maximum absolute atomic E-state index is 9.50. The van der Waals surface area contributed by atoms with Crippen LogP contribution < -0.4 is 5.32 Å². The Kier molecular flexibility index (Phi) is 5.62. The predicted molar refractivity (Wildman–Crippen MR) is 73.8 cm³/mol. The largest absolute Gasteiger partial charge is 0.381 e. The fourth-order valence-corrected chi connectivity index (χ4v) is 3.42. The zero-order valence-electron chi connectivity index (χ0n) is 12.0. The Morgan fingerprint density at radius 2 is 2.16 bits per heavy atom. The highest BCUT2D eigenvalue weighted by molar-refractivity contribution is 5.13. The first kappa shape index (κ1) is 14.8. The summed E-state index contributed by atoms with van der Waals surface area (Å²) in [5.41, 5.74) is -0.298. The zero-order valence-corrected chi connectivity index (χ0v) is 12.0. The summed E-state index contributed by atoms with van der Waals surface area (Å²) < 4.78 is 11.3. The minimum absolute atomic E-state index is 0.298. The third-order valence-electron chi connectivity index (χ3n) is 4.50. The molecule has 0 aromatic heterocycles. The molecule has 1 N–H and O–H groups in total. The Morgan fingerprint density at radius 3 is 2.84 bits per heavy atom. The van der Waals surface area contributed by atoms with Gasteiger partial charge in [0.05, 0.1) is 12.2 Å². The molecule has 1 aliphatic heterocycles. The van der Waals surface area contributed by atoms with E-state index in [4.69, 9.17) is 9.47 Å². The molecule has 0 amide bonds. The molecule has 2 rings (SSSR count). The van der Waals surface area contributed by atoms with Crippen molar-refractivity contribution in [3.05, 3.63) is 0 Å². The van der Waals surface area contributed by atoms with Crippen LogP contribution in [0.25, 0.3) is 0 Å². The van der Waals surface area contributed by atoms with E-state index >= 15 is 0 Å². The number of nitrogens with zero attached hydrogens (tertiary/aromatic N) is 1. The lowest BCUT2D eigenvalue weighted by atomic mass is 9.86. The van der Waals surface area contributed by atoms with Gasteiger partial charge in [0.1, 0.15) is 5.54 Å². The van der Waals surface area contributed by atoms with E-state index in [2.05, 4.69) is 18.3 Å². The summed E-state index contributed by atoms with van der Waals surface area (Å²) in [5.74, 6) is 0.442. The molecule has 19 heavy (non-hydrogen) atoms. The fraction of sp³-hybridized carbons (Fsp3) is 0.933. The molecule has 2 aliphatic rings. The molecule has 0 spiro atoms. The van der Waals surface area contributed by atoms with Gasteiger partial charge in [-0.25, -0.2) is 0 Å². The molecule has 2 atom stereocenters. The van der Waals surface area contributed by atoms with Crippen molar-refractivity contribution >= 4 is 0 Å². The predicted octanol–water partition coefficient (Wildman–Crippen LogP) is 2.24. The van der Waals surface area contributed by atoms with Crippen molar-refractivity contribution in [2.75, 3.05) is 26.4 Å². The van der Waals surface area contributed by atoms with Crippen LogP contribution in [0.5, 0.6) is 0 Å². The minimum atomic E-state index is -0.298. The van der Waals surface area contributed by atoms with Crippen LogP contribution in [0.1, 0.15) is 45.4 Å². The van der Waals surface area contributed by atoms with Crippen LogP contribution in [0.3, 0.4) is 0 Å². The van der Waals surface area contributed by atoms with E-state index in [1.54, 1.807) is 0 Å². The van der Waals surface area contributed by atoms with Gasteiger partial charge < -0.3 is 9.47 Å². The topological polar surface area (TPSA) is 54.3 Å². The van der Waals surface area contributed by atoms with E-state index in [0.29, 0.717) is 12.0 Å². The standard InChI is InChI=1S/C15H26N2O2/c1-2-17-15(12-16)8-3-4-13(15)5-11-19-14-6-9-18-10-7-14/h13-14,17H,2-11H2,1H3. The molecule has 0 bridgehead atoms. The summed E-state index contributed by atoms with van der Waals surface area (Å²) >= 11 is 0. The van der Waals surface area contributed by atoms with Gasteiger partial charge in [0, 0.05) is 19.8 Å². The van der Waals surface area contributed by atoms with Gasteiger partial charge in [0.2, 0.25) is 0 Å². The second kappa shape index (κ2) is 7.23. The lowest BCUT2D eigenvalue weighted by Gasteiger charge is -2.30. The number of hydrogen-bond acceptors (Lipinski definition) is 4. The van der Waals surface area contributed by atoms with E-state index < -0.39 is 0 Å². The third-order valence-corrected chi connectivity index (χ3v) is 4.50. The van der Waals surface area contributed by atoms with Gasteiger partial charge in [-0.2, -0.15) is 5.26 Å². The second-order valence-electron chi connectivity index (χ2n) is 5.67. The highest BCUT2D eigenvalue weighted by Gasteiger charge is 2.42. The molecular formula is C15H26N2O2. The van der Waals surface area contributed by atoms with Crippen LogP contribution in [0.4, 0.5) is 0 Å². The van der Waals surface area contributed by atoms with Gasteiger partial charge in [0.25, 0.3) is 0 Å². The zero-order chi connectivity index (χ0) is 13.6. The average molecular weight is 266 g/mol. The highest BCUT2D eigenvalue weighted by atomic mass is 16.5. The summed E-state index contributed by atoms with van der Waals surface area (Å²) in [7, 11) is 0. The maximum Gasteiger partial charge on any atom is 0.109 e. The Hall–Kier alpha value is -0.630. The first-order valence-corrected chi connectivity index (χ1v) is 7.66. The van der Waals surface area contributed by atoms with Gasteiger partial charge in [-0.15, -0.1) is 0 Å². The van der Waals surface area contributed by atoms with Crippen molar-refractivity contribution in [1.82, 2.24) is 5.32 Å². The highest BCUT2D eigenvalue weighted by Crippen LogP contribution is 2.37. The molecular weight excluding hydrogens is 240 g/mol. The quantitative estimate of drug-likeness (QED) is 0.801. The number of nitrogens with one attached hydrogen (secondary N) is 1. The fourth-order valence-electron chi connectivity index (χ4n) is 3.42. The summed E-state index contributed by atoms with van der Waals surface area (Å²) in [6.45, 7) is 5.38. The molecule has 4 nitrogen and oxygen atoms in total. The second-order valence-corrected chi connectivity index (χ2v) is 5.67. The van der Waals surface area contributed by atoms with Crippen molar-refractivity contribution in [3.8, 4) is 6.07 Å². The van der Waals surface area contributed by atoms with E-state index in [1.165, 1.54) is 0 Å². The summed E-state index contributed by atoms with van der Waals surface area (Å²) in [5, 5.41) is 12.9. The van der Waals surface area contributed by atoms with Crippen molar-refractivity contribution in [2.24, 2.45) is 5.92 Å². The Balaban J connectivity index is 1.76. The van der Waals surface area contributed by atoms with Crippen LogP contribution >= 0.6 is 0 Å². The number of nitriles is 1.